The fourth-order valence-electron chi connectivity index (χ4n) is 3.12. The van der Waals surface area contributed by atoms with Crippen molar-refractivity contribution >= 4 is 17.9 Å². The van der Waals surface area contributed by atoms with Crippen LogP contribution in [0.3, 0.4) is 0 Å². The van der Waals surface area contributed by atoms with Gasteiger partial charge in [0.2, 0.25) is 0 Å². The smallest absolute Gasteiger partial charge is 0.328 e. The molecule has 3 rings (SSSR count). The Morgan fingerprint density at radius 2 is 1.92 bits per heavy atom. The number of hydrogen-bond acceptors (Lipinski definition) is 4. The third-order valence-electron chi connectivity index (χ3n) is 4.47. The van der Waals surface area contributed by atoms with E-state index in [1.54, 1.807) is 6.08 Å². The number of nitrogens with one attached hydrogen (secondary N) is 1. The van der Waals surface area contributed by atoms with Gasteiger partial charge < -0.3 is 16.2 Å². The van der Waals surface area contributed by atoms with Gasteiger partial charge in [-0.15, -0.1) is 0 Å². The second-order valence-corrected chi connectivity index (χ2v) is 6.46. The van der Waals surface area contributed by atoms with Crippen molar-refractivity contribution in [3.63, 3.8) is 0 Å². The molecule has 5 nitrogen and oxygen atoms in total. The van der Waals surface area contributed by atoms with Crippen LogP contribution >= 0.6 is 0 Å². The van der Waals surface area contributed by atoms with Crippen molar-refractivity contribution in [3.8, 4) is 11.3 Å². The van der Waals surface area contributed by atoms with Crippen molar-refractivity contribution in [2.75, 3.05) is 5.32 Å². The van der Waals surface area contributed by atoms with Gasteiger partial charge in [0.1, 0.15) is 5.82 Å². The first kappa shape index (κ1) is 17.2. The van der Waals surface area contributed by atoms with Crippen LogP contribution in [-0.2, 0) is 4.79 Å². The molecule has 130 valence electrons. The highest BCUT2D eigenvalue weighted by Gasteiger charge is 2.18. The van der Waals surface area contributed by atoms with E-state index in [9.17, 15) is 4.79 Å². The van der Waals surface area contributed by atoms with Gasteiger partial charge in [-0.2, -0.15) is 0 Å². The summed E-state index contributed by atoms with van der Waals surface area (Å²) in [6.45, 7) is 0. The first-order chi connectivity index (χ1) is 12.1. The zero-order valence-electron chi connectivity index (χ0n) is 14.1. The van der Waals surface area contributed by atoms with Crippen LogP contribution in [0.1, 0.15) is 31.2 Å². The number of nitrogens with zero attached hydrogens (tertiary/aromatic N) is 1. The lowest BCUT2D eigenvalue weighted by molar-refractivity contribution is -0.131. The highest BCUT2D eigenvalue weighted by atomic mass is 16.4. The van der Waals surface area contributed by atoms with Crippen LogP contribution in [-0.4, -0.2) is 28.1 Å². The quantitative estimate of drug-likeness (QED) is 0.726. The van der Waals surface area contributed by atoms with Gasteiger partial charge >= 0.3 is 5.97 Å². The summed E-state index contributed by atoms with van der Waals surface area (Å²) in [6.07, 6.45) is 6.97. The number of nitrogens with two attached hydrogens (primary N) is 1. The fourth-order valence-corrected chi connectivity index (χ4v) is 3.12. The average Bonchev–Trinajstić information content (AvgIpc) is 2.62. The minimum atomic E-state index is -0.957. The average molecular weight is 337 g/mol. The van der Waals surface area contributed by atoms with Crippen molar-refractivity contribution in [1.82, 2.24) is 4.98 Å². The van der Waals surface area contributed by atoms with E-state index in [0.29, 0.717) is 12.1 Å². The fraction of sp³-hybridized carbons (Fsp3) is 0.300. The zero-order chi connectivity index (χ0) is 17.6. The number of rotatable bonds is 5. The van der Waals surface area contributed by atoms with Crippen LogP contribution < -0.4 is 11.1 Å². The maximum atomic E-state index is 10.7. The molecule has 0 spiro atoms. The molecule has 0 radical (unpaired) electrons. The van der Waals surface area contributed by atoms with Gasteiger partial charge in [0.15, 0.2) is 0 Å². The number of carboxylic acid groups (broad SMARTS) is 1. The predicted molar refractivity (Wildman–Crippen MR) is 100 cm³/mol. The maximum absolute atomic E-state index is 10.7. The maximum Gasteiger partial charge on any atom is 0.328 e. The number of anilines is 1. The molecule has 0 saturated heterocycles. The van der Waals surface area contributed by atoms with E-state index in [2.05, 4.69) is 5.32 Å². The summed E-state index contributed by atoms with van der Waals surface area (Å²) in [6, 6.07) is 14.4. The first-order valence-corrected chi connectivity index (χ1v) is 8.61. The summed E-state index contributed by atoms with van der Waals surface area (Å²) in [4.78, 5) is 15.4. The van der Waals surface area contributed by atoms with Crippen LogP contribution in [0.2, 0.25) is 0 Å². The molecular formula is C20H23N3O2. The molecule has 1 aromatic heterocycles. The van der Waals surface area contributed by atoms with Gasteiger partial charge in [-0.25, -0.2) is 9.78 Å². The van der Waals surface area contributed by atoms with Crippen LogP contribution in [0.15, 0.2) is 48.5 Å². The molecule has 0 aliphatic heterocycles. The van der Waals surface area contributed by atoms with Crippen molar-refractivity contribution in [2.24, 2.45) is 5.73 Å². The Morgan fingerprint density at radius 1 is 1.16 bits per heavy atom. The number of aromatic nitrogens is 1. The number of aliphatic carboxylic acids is 1. The lowest BCUT2D eigenvalue weighted by Crippen LogP contribution is -2.33. The van der Waals surface area contributed by atoms with Crippen molar-refractivity contribution in [1.29, 1.82) is 0 Å². The first-order valence-electron chi connectivity index (χ1n) is 8.61. The van der Waals surface area contributed by atoms with Gasteiger partial charge in [-0.1, -0.05) is 24.3 Å². The third kappa shape index (κ3) is 4.90. The van der Waals surface area contributed by atoms with Gasteiger partial charge in [-0.05, 0) is 55.5 Å². The molecule has 1 aliphatic rings. The molecule has 1 heterocycles. The lowest BCUT2D eigenvalue weighted by Gasteiger charge is -2.27. The molecule has 2 aromatic rings. The zero-order valence-corrected chi connectivity index (χ0v) is 14.1. The Morgan fingerprint density at radius 3 is 2.68 bits per heavy atom. The predicted octanol–water partition coefficient (Wildman–Crippen LogP) is 3.53. The molecule has 1 aromatic carbocycles. The summed E-state index contributed by atoms with van der Waals surface area (Å²) >= 11 is 0. The monoisotopic (exact) mass is 337 g/mol. The van der Waals surface area contributed by atoms with E-state index < -0.39 is 5.97 Å². The lowest BCUT2D eigenvalue weighted by atomic mass is 9.92. The Labute approximate surface area is 147 Å². The van der Waals surface area contributed by atoms with E-state index in [1.165, 1.54) is 0 Å². The second kappa shape index (κ2) is 7.94. The van der Waals surface area contributed by atoms with Gasteiger partial charge in [0, 0.05) is 23.7 Å². The van der Waals surface area contributed by atoms with E-state index in [1.807, 2.05) is 42.5 Å². The van der Waals surface area contributed by atoms with E-state index >= 15 is 0 Å². The summed E-state index contributed by atoms with van der Waals surface area (Å²) in [5, 5.41) is 12.3. The number of carbonyl (C=O) groups is 1. The van der Waals surface area contributed by atoms with Crippen LogP contribution in [0.5, 0.6) is 0 Å². The van der Waals surface area contributed by atoms with Crippen molar-refractivity contribution in [3.05, 3.63) is 54.1 Å². The highest BCUT2D eigenvalue weighted by Crippen LogP contribution is 2.23. The summed E-state index contributed by atoms with van der Waals surface area (Å²) < 4.78 is 0. The molecule has 1 aliphatic carbocycles. The molecule has 1 saturated carbocycles. The Kier molecular flexibility index (Phi) is 5.46. The number of pyridine rings is 1. The molecule has 25 heavy (non-hydrogen) atoms. The minimum absolute atomic E-state index is 0.332. The van der Waals surface area contributed by atoms with Crippen LogP contribution in [0, 0.1) is 0 Å². The van der Waals surface area contributed by atoms with E-state index in [0.717, 1.165) is 54.4 Å². The number of carboxylic acids is 1. The number of benzene rings is 1. The van der Waals surface area contributed by atoms with Gasteiger partial charge in [-0.3, -0.25) is 0 Å². The molecule has 0 amide bonds. The highest BCUT2D eigenvalue weighted by molar-refractivity contribution is 5.85. The van der Waals surface area contributed by atoms with Gasteiger partial charge in [0.25, 0.3) is 0 Å². The third-order valence-corrected chi connectivity index (χ3v) is 4.47. The standard InChI is InChI=1S/C20H23N3O2/c21-16-8-10-17(11-9-16)22-19-6-2-5-18(23-19)15-4-1-3-14(13-15)7-12-20(24)25/h1-7,12-13,16-17H,8-11,21H2,(H,22,23)(H,24,25). The molecule has 1 fully saturated rings. The SMILES string of the molecule is NC1CCC(Nc2cccc(-c3cccc(C=CC(=O)O)c3)n2)CC1. The summed E-state index contributed by atoms with van der Waals surface area (Å²) in [7, 11) is 0. The van der Waals surface area contributed by atoms with E-state index in [4.69, 9.17) is 15.8 Å². The molecule has 0 atom stereocenters. The number of hydrogen-bond donors (Lipinski definition) is 3. The normalized spacial score (nSPS) is 20.5. The van der Waals surface area contributed by atoms with Crippen LogP contribution in [0.25, 0.3) is 17.3 Å². The molecule has 4 N–H and O–H groups in total. The topological polar surface area (TPSA) is 88.2 Å². The molecule has 0 bridgehead atoms. The van der Waals surface area contributed by atoms with Crippen LogP contribution in [0.4, 0.5) is 5.82 Å². The van der Waals surface area contributed by atoms with Crippen molar-refractivity contribution < 1.29 is 9.90 Å². The molecular weight excluding hydrogens is 314 g/mol. The minimum Gasteiger partial charge on any atom is -0.478 e. The van der Waals surface area contributed by atoms with Crippen molar-refractivity contribution in [2.45, 2.75) is 37.8 Å². The summed E-state index contributed by atoms with van der Waals surface area (Å²) in [5.41, 5.74) is 8.62. The molecule has 0 unspecified atom stereocenters. The Balaban J connectivity index is 1.75. The Bertz CT molecular complexity index is 765. The Hall–Kier alpha value is -2.66. The largest absolute Gasteiger partial charge is 0.478 e. The second-order valence-electron chi connectivity index (χ2n) is 6.46. The summed E-state index contributed by atoms with van der Waals surface area (Å²) in [5.74, 6) is -0.0913. The van der Waals surface area contributed by atoms with E-state index in [-0.39, 0.29) is 0 Å². The van der Waals surface area contributed by atoms with Gasteiger partial charge in [0.05, 0.1) is 5.69 Å². The molecule has 5 heteroatoms.